The van der Waals surface area contributed by atoms with E-state index in [2.05, 4.69) is 27.3 Å². The van der Waals surface area contributed by atoms with Crippen LogP contribution in [0.25, 0.3) is 0 Å². The van der Waals surface area contributed by atoms with Crippen molar-refractivity contribution < 1.29 is 14.2 Å². The molecule has 2 fully saturated rings. The van der Waals surface area contributed by atoms with Gasteiger partial charge in [0.1, 0.15) is 18.5 Å². The van der Waals surface area contributed by atoms with Crippen LogP contribution in [0.15, 0.2) is 61.2 Å². The van der Waals surface area contributed by atoms with Crippen LogP contribution < -0.4 is 15.0 Å². The Morgan fingerprint density at radius 2 is 1.94 bits per heavy atom. The minimum absolute atomic E-state index is 0.256. The quantitative estimate of drug-likeness (QED) is 0.543. The van der Waals surface area contributed by atoms with Crippen LogP contribution in [0.2, 0.25) is 10.0 Å². The van der Waals surface area contributed by atoms with Crippen LogP contribution in [-0.4, -0.2) is 55.0 Å². The Kier molecular flexibility index (Phi) is 6.76. The van der Waals surface area contributed by atoms with E-state index in [4.69, 9.17) is 37.4 Å². The molecule has 174 valence electrons. The molecule has 2 saturated heterocycles. The second-order valence-corrected chi connectivity index (χ2v) is 9.05. The highest BCUT2D eigenvalue weighted by Gasteiger charge is 2.45. The van der Waals surface area contributed by atoms with Crippen molar-refractivity contribution in [2.45, 2.75) is 18.4 Å². The zero-order chi connectivity index (χ0) is 22.7. The lowest BCUT2D eigenvalue weighted by Crippen LogP contribution is -2.43. The number of piperazine rings is 1. The van der Waals surface area contributed by atoms with Crippen LogP contribution in [-0.2, 0) is 21.8 Å². The molecule has 2 atom stereocenters. The van der Waals surface area contributed by atoms with E-state index in [1.54, 1.807) is 24.7 Å². The Morgan fingerprint density at radius 1 is 1.12 bits per heavy atom. The molecule has 0 amide bonds. The summed E-state index contributed by atoms with van der Waals surface area (Å²) in [6.45, 7) is 5.20. The largest absolute Gasteiger partial charge is 0.491 e. The molecule has 0 bridgehead atoms. The van der Waals surface area contributed by atoms with Crippen LogP contribution in [0.4, 0.5) is 5.69 Å². The van der Waals surface area contributed by atoms with E-state index in [0.717, 1.165) is 37.5 Å². The fraction of sp³-hybridized carbons (Fsp3) is 0.375. The molecule has 2 aliphatic heterocycles. The number of nitrogens with one attached hydrogen (secondary N) is 1. The van der Waals surface area contributed by atoms with Gasteiger partial charge in [0.2, 0.25) is 5.79 Å². The number of ether oxygens (including phenoxy) is 3. The van der Waals surface area contributed by atoms with Crippen molar-refractivity contribution in [1.82, 2.24) is 14.9 Å². The van der Waals surface area contributed by atoms with Gasteiger partial charge in [0.15, 0.2) is 0 Å². The van der Waals surface area contributed by atoms with E-state index in [0.29, 0.717) is 29.8 Å². The van der Waals surface area contributed by atoms with E-state index in [1.807, 2.05) is 29.0 Å². The van der Waals surface area contributed by atoms with Crippen molar-refractivity contribution in [3.8, 4) is 5.75 Å². The predicted octanol–water partition coefficient (Wildman–Crippen LogP) is 3.95. The fourth-order valence-corrected chi connectivity index (χ4v) is 4.79. The number of aromatic nitrogens is 2. The number of rotatable bonds is 7. The van der Waals surface area contributed by atoms with E-state index >= 15 is 0 Å². The van der Waals surface area contributed by atoms with Gasteiger partial charge in [-0.3, -0.25) is 0 Å². The number of imidazole rings is 1. The topological polar surface area (TPSA) is 60.8 Å². The summed E-state index contributed by atoms with van der Waals surface area (Å²) in [6.07, 6.45) is 5.05. The van der Waals surface area contributed by atoms with Crippen LogP contribution in [0.3, 0.4) is 0 Å². The van der Waals surface area contributed by atoms with Crippen molar-refractivity contribution in [2.24, 2.45) is 0 Å². The molecular formula is C24H26Cl2N4O3. The molecule has 7 nitrogen and oxygen atoms in total. The first-order chi connectivity index (χ1) is 16.1. The van der Waals surface area contributed by atoms with Crippen LogP contribution in [0.5, 0.6) is 5.75 Å². The lowest BCUT2D eigenvalue weighted by molar-refractivity contribution is -0.189. The van der Waals surface area contributed by atoms with Crippen molar-refractivity contribution in [1.29, 1.82) is 0 Å². The van der Waals surface area contributed by atoms with Gasteiger partial charge in [-0.2, -0.15) is 0 Å². The van der Waals surface area contributed by atoms with Crippen molar-refractivity contribution >= 4 is 28.9 Å². The van der Waals surface area contributed by atoms with Gasteiger partial charge in [-0.1, -0.05) is 29.3 Å². The molecule has 0 radical (unpaired) electrons. The average molecular weight is 489 g/mol. The second kappa shape index (κ2) is 9.91. The van der Waals surface area contributed by atoms with Gasteiger partial charge >= 0.3 is 0 Å². The highest BCUT2D eigenvalue weighted by molar-refractivity contribution is 6.35. The second-order valence-electron chi connectivity index (χ2n) is 8.20. The molecule has 5 rings (SSSR count). The summed E-state index contributed by atoms with van der Waals surface area (Å²) in [5.41, 5.74) is 1.94. The summed E-state index contributed by atoms with van der Waals surface area (Å²) in [7, 11) is 0. The number of nitrogens with zero attached hydrogens (tertiary/aromatic N) is 3. The number of hydrogen-bond acceptors (Lipinski definition) is 6. The Morgan fingerprint density at radius 3 is 2.67 bits per heavy atom. The third-order valence-corrected chi connectivity index (χ3v) is 6.45. The van der Waals surface area contributed by atoms with Gasteiger partial charge in [0, 0.05) is 54.8 Å². The van der Waals surface area contributed by atoms with Crippen molar-refractivity contribution in [3.63, 3.8) is 0 Å². The minimum atomic E-state index is -1.05. The molecule has 0 spiro atoms. The smallest absolute Gasteiger partial charge is 0.215 e. The Hall–Kier alpha value is -2.29. The maximum atomic E-state index is 6.53. The Labute approximate surface area is 203 Å². The van der Waals surface area contributed by atoms with Crippen LogP contribution in [0.1, 0.15) is 5.56 Å². The van der Waals surface area contributed by atoms with Gasteiger partial charge in [-0.25, -0.2) is 4.98 Å². The highest BCUT2D eigenvalue weighted by atomic mass is 35.5. The van der Waals surface area contributed by atoms with E-state index in [-0.39, 0.29) is 6.10 Å². The Balaban J connectivity index is 1.26. The first-order valence-electron chi connectivity index (χ1n) is 11.0. The number of halogens is 2. The molecule has 9 heteroatoms. The maximum Gasteiger partial charge on any atom is 0.215 e. The molecule has 0 unspecified atom stereocenters. The molecule has 0 aliphatic carbocycles. The van der Waals surface area contributed by atoms with Gasteiger partial charge < -0.3 is 29.0 Å². The van der Waals surface area contributed by atoms with Crippen LogP contribution >= 0.6 is 23.2 Å². The molecule has 1 N–H and O–H groups in total. The zero-order valence-corrected chi connectivity index (χ0v) is 19.6. The minimum Gasteiger partial charge on any atom is -0.491 e. The molecule has 3 aromatic rings. The Bertz CT molecular complexity index is 1060. The van der Waals surface area contributed by atoms with Gasteiger partial charge in [0.25, 0.3) is 0 Å². The highest BCUT2D eigenvalue weighted by Crippen LogP contribution is 2.40. The van der Waals surface area contributed by atoms with Gasteiger partial charge in [-0.05, 0) is 36.4 Å². The van der Waals surface area contributed by atoms with Gasteiger partial charge in [-0.15, -0.1) is 0 Å². The van der Waals surface area contributed by atoms with Crippen LogP contribution in [0, 0.1) is 0 Å². The number of benzene rings is 2. The first kappa shape index (κ1) is 22.5. The SMILES string of the molecule is Clc1ccc([C@]2(Cn3ccnc3)OC[C@@H](COc3ccc(N4CCNCC4)cc3)O2)c(Cl)c1. The number of hydrogen-bond donors (Lipinski definition) is 1. The molecule has 2 aliphatic rings. The first-order valence-corrected chi connectivity index (χ1v) is 11.8. The molecule has 3 heterocycles. The van der Waals surface area contributed by atoms with Crippen molar-refractivity contribution in [3.05, 3.63) is 76.8 Å². The molecule has 1 aromatic heterocycles. The normalized spacial score (nSPS) is 23.1. The molecule has 0 saturated carbocycles. The zero-order valence-electron chi connectivity index (χ0n) is 18.1. The third-order valence-electron chi connectivity index (χ3n) is 5.91. The number of anilines is 1. The third kappa shape index (κ3) is 5.13. The van der Waals surface area contributed by atoms with E-state index in [9.17, 15) is 0 Å². The lowest BCUT2D eigenvalue weighted by atomic mass is 10.1. The summed E-state index contributed by atoms with van der Waals surface area (Å²) in [5.74, 6) is -0.253. The molecule has 2 aromatic carbocycles. The fourth-order valence-electron chi connectivity index (χ4n) is 4.24. The standard InChI is InChI=1S/C24H26Cl2N4O3/c25-18-1-6-22(23(26)13-18)24(16-29-10-7-28-17-29)32-15-21(33-24)14-31-20-4-2-19(3-5-20)30-11-8-27-9-12-30/h1-7,10,13,17,21,27H,8-9,11-12,14-16H2/t21-,24-/m1/s1. The summed E-state index contributed by atoms with van der Waals surface area (Å²) in [5, 5.41) is 4.43. The van der Waals surface area contributed by atoms with Gasteiger partial charge in [0.05, 0.1) is 24.5 Å². The van der Waals surface area contributed by atoms with Crippen molar-refractivity contribution in [2.75, 3.05) is 44.3 Å². The summed E-state index contributed by atoms with van der Waals surface area (Å²) >= 11 is 12.6. The monoisotopic (exact) mass is 488 g/mol. The van der Waals surface area contributed by atoms with E-state index < -0.39 is 5.79 Å². The molecular weight excluding hydrogens is 463 g/mol. The van der Waals surface area contributed by atoms with E-state index in [1.165, 1.54) is 5.69 Å². The predicted molar refractivity (Wildman–Crippen MR) is 128 cm³/mol. The maximum absolute atomic E-state index is 6.53. The summed E-state index contributed by atoms with van der Waals surface area (Å²) in [4.78, 5) is 6.50. The average Bonchev–Trinajstić information content (AvgIpc) is 3.49. The molecule has 33 heavy (non-hydrogen) atoms. The lowest BCUT2D eigenvalue weighted by Gasteiger charge is -2.30. The summed E-state index contributed by atoms with van der Waals surface area (Å²) in [6, 6.07) is 13.5. The summed E-state index contributed by atoms with van der Waals surface area (Å²) < 4.78 is 20.6.